The molecule has 5 heteroatoms. The molecule has 0 saturated heterocycles. The van der Waals surface area contributed by atoms with Crippen LogP contribution in [0.5, 0.6) is 0 Å². The average molecular weight is 203 g/mol. The molecule has 0 bridgehead atoms. The Morgan fingerprint density at radius 2 is 2.00 bits per heavy atom. The standard InChI is InChI=1S/C8H15ClN4/c1-5(10)4-7(8(9)11)13(12)6-2-3-6/h4,6H,2-3,10-12H2,1H3/b5-4-,8-7+. The van der Waals surface area contributed by atoms with E-state index in [1.54, 1.807) is 18.0 Å². The predicted molar refractivity (Wildman–Crippen MR) is 54.1 cm³/mol. The Morgan fingerprint density at radius 3 is 2.31 bits per heavy atom. The van der Waals surface area contributed by atoms with Crippen LogP contribution in [0.4, 0.5) is 0 Å². The number of hydrogen-bond acceptors (Lipinski definition) is 4. The van der Waals surface area contributed by atoms with Gasteiger partial charge in [-0.3, -0.25) is 0 Å². The molecule has 0 spiro atoms. The van der Waals surface area contributed by atoms with E-state index in [-0.39, 0.29) is 5.16 Å². The molecule has 0 aromatic heterocycles. The van der Waals surface area contributed by atoms with Crippen LogP contribution in [0.25, 0.3) is 0 Å². The lowest BCUT2D eigenvalue weighted by atomic mass is 10.3. The van der Waals surface area contributed by atoms with E-state index in [1.807, 2.05) is 0 Å². The molecule has 1 rings (SSSR count). The van der Waals surface area contributed by atoms with Gasteiger partial charge in [0, 0.05) is 11.7 Å². The van der Waals surface area contributed by atoms with E-state index in [9.17, 15) is 0 Å². The van der Waals surface area contributed by atoms with E-state index < -0.39 is 0 Å². The van der Waals surface area contributed by atoms with Gasteiger partial charge in [-0.1, -0.05) is 11.6 Å². The van der Waals surface area contributed by atoms with Crippen molar-refractivity contribution in [2.75, 3.05) is 0 Å². The zero-order valence-corrected chi connectivity index (χ0v) is 8.38. The van der Waals surface area contributed by atoms with E-state index in [0.717, 1.165) is 12.8 Å². The maximum atomic E-state index is 5.78. The van der Waals surface area contributed by atoms with Gasteiger partial charge in [0.05, 0.1) is 5.70 Å². The molecular formula is C8H15ClN4. The second-order valence-electron chi connectivity index (χ2n) is 3.26. The molecule has 1 aliphatic rings. The summed E-state index contributed by atoms with van der Waals surface area (Å²) in [6, 6.07) is 0.364. The first-order chi connectivity index (χ1) is 6.02. The quantitative estimate of drug-likeness (QED) is 0.270. The van der Waals surface area contributed by atoms with E-state index in [0.29, 0.717) is 17.4 Å². The highest BCUT2D eigenvalue weighted by Gasteiger charge is 2.28. The van der Waals surface area contributed by atoms with Gasteiger partial charge in [0.2, 0.25) is 0 Å². The largest absolute Gasteiger partial charge is 0.402 e. The fourth-order valence-electron chi connectivity index (χ4n) is 1.03. The molecule has 0 radical (unpaired) electrons. The third kappa shape index (κ3) is 2.82. The SMILES string of the molecule is C/C(N)=C/C(=C(\N)Cl)N(N)C1CC1. The van der Waals surface area contributed by atoms with Crippen LogP contribution in [0.3, 0.4) is 0 Å². The van der Waals surface area contributed by atoms with Gasteiger partial charge in [-0.25, -0.2) is 5.84 Å². The minimum Gasteiger partial charge on any atom is -0.402 e. The molecule has 1 aliphatic carbocycles. The van der Waals surface area contributed by atoms with Crippen LogP contribution >= 0.6 is 11.6 Å². The van der Waals surface area contributed by atoms with Crippen LogP contribution in [0, 0.1) is 0 Å². The number of allylic oxidation sites excluding steroid dienone is 2. The molecule has 0 aromatic carbocycles. The van der Waals surface area contributed by atoms with Crippen molar-refractivity contribution >= 4 is 11.6 Å². The minimum absolute atomic E-state index is 0.180. The molecule has 0 aromatic rings. The molecule has 1 fully saturated rings. The van der Waals surface area contributed by atoms with Crippen LogP contribution < -0.4 is 17.3 Å². The van der Waals surface area contributed by atoms with Crippen molar-refractivity contribution in [3.8, 4) is 0 Å². The fraction of sp³-hybridized carbons (Fsp3) is 0.500. The molecule has 6 N–H and O–H groups in total. The Morgan fingerprint density at radius 1 is 1.46 bits per heavy atom. The number of hydrazine groups is 1. The molecule has 0 unspecified atom stereocenters. The molecule has 0 aliphatic heterocycles. The van der Waals surface area contributed by atoms with Crippen molar-refractivity contribution in [2.24, 2.45) is 17.3 Å². The summed E-state index contributed by atoms with van der Waals surface area (Å²) in [7, 11) is 0. The Hall–Kier alpha value is -0.870. The molecule has 13 heavy (non-hydrogen) atoms. The van der Waals surface area contributed by atoms with Crippen molar-refractivity contribution in [1.82, 2.24) is 5.01 Å². The second kappa shape index (κ2) is 3.89. The maximum Gasteiger partial charge on any atom is 0.124 e. The third-order valence-electron chi connectivity index (χ3n) is 1.83. The zero-order chi connectivity index (χ0) is 10.0. The topological polar surface area (TPSA) is 81.3 Å². The lowest BCUT2D eigenvalue weighted by Gasteiger charge is -2.19. The minimum atomic E-state index is 0.180. The summed E-state index contributed by atoms with van der Waals surface area (Å²) in [5.74, 6) is 5.78. The van der Waals surface area contributed by atoms with Crippen LogP contribution in [-0.4, -0.2) is 11.1 Å². The lowest BCUT2D eigenvalue weighted by Crippen LogP contribution is -2.33. The van der Waals surface area contributed by atoms with Gasteiger partial charge in [0.15, 0.2) is 0 Å². The van der Waals surface area contributed by atoms with Crippen molar-refractivity contribution in [2.45, 2.75) is 25.8 Å². The molecule has 0 atom stereocenters. The summed E-state index contributed by atoms with van der Waals surface area (Å²) in [4.78, 5) is 0. The normalized spacial score (nSPS) is 19.8. The van der Waals surface area contributed by atoms with Gasteiger partial charge in [-0.05, 0) is 25.8 Å². The Bertz CT molecular complexity index is 247. The number of nitrogens with zero attached hydrogens (tertiary/aromatic N) is 1. The van der Waals surface area contributed by atoms with Crippen LogP contribution in [0.15, 0.2) is 22.6 Å². The summed E-state index contributed by atoms with van der Waals surface area (Å²) in [5, 5.41) is 1.76. The van der Waals surface area contributed by atoms with Crippen LogP contribution in [-0.2, 0) is 0 Å². The summed E-state index contributed by atoms with van der Waals surface area (Å²) in [6.45, 7) is 1.76. The summed E-state index contributed by atoms with van der Waals surface area (Å²) < 4.78 is 0. The van der Waals surface area contributed by atoms with E-state index >= 15 is 0 Å². The van der Waals surface area contributed by atoms with Crippen molar-refractivity contribution in [3.05, 3.63) is 22.6 Å². The van der Waals surface area contributed by atoms with Crippen molar-refractivity contribution in [3.63, 3.8) is 0 Å². The smallest absolute Gasteiger partial charge is 0.124 e. The zero-order valence-electron chi connectivity index (χ0n) is 7.63. The summed E-state index contributed by atoms with van der Waals surface area (Å²) >= 11 is 5.69. The number of halogens is 1. The average Bonchev–Trinajstić information content (AvgIpc) is 2.80. The highest BCUT2D eigenvalue weighted by Crippen LogP contribution is 2.28. The van der Waals surface area contributed by atoms with Gasteiger partial charge in [0.1, 0.15) is 5.16 Å². The number of nitrogens with two attached hydrogens (primary N) is 3. The number of rotatable bonds is 3. The first-order valence-electron chi connectivity index (χ1n) is 4.15. The maximum absolute atomic E-state index is 5.78. The van der Waals surface area contributed by atoms with E-state index in [4.69, 9.17) is 28.9 Å². The van der Waals surface area contributed by atoms with Crippen LogP contribution in [0.2, 0.25) is 0 Å². The van der Waals surface area contributed by atoms with Crippen LogP contribution in [0.1, 0.15) is 19.8 Å². The fourth-order valence-corrected chi connectivity index (χ4v) is 1.18. The Balaban J connectivity index is 2.79. The molecule has 1 saturated carbocycles. The summed E-state index contributed by atoms with van der Waals surface area (Å²) in [6.07, 6.45) is 3.85. The second-order valence-corrected chi connectivity index (χ2v) is 3.67. The molecule has 4 nitrogen and oxygen atoms in total. The highest BCUT2D eigenvalue weighted by molar-refractivity contribution is 6.29. The van der Waals surface area contributed by atoms with Crippen molar-refractivity contribution < 1.29 is 0 Å². The monoisotopic (exact) mass is 202 g/mol. The van der Waals surface area contributed by atoms with E-state index in [1.165, 1.54) is 0 Å². The molecule has 0 heterocycles. The van der Waals surface area contributed by atoms with Gasteiger partial charge < -0.3 is 16.5 Å². The van der Waals surface area contributed by atoms with Crippen molar-refractivity contribution in [1.29, 1.82) is 0 Å². The Labute approximate surface area is 83.0 Å². The first kappa shape index (κ1) is 10.2. The van der Waals surface area contributed by atoms with E-state index in [2.05, 4.69) is 0 Å². The lowest BCUT2D eigenvalue weighted by molar-refractivity contribution is 0.357. The third-order valence-corrected chi connectivity index (χ3v) is 2.02. The Kier molecular flexibility index (Phi) is 3.06. The molecule has 74 valence electrons. The predicted octanol–water partition coefficient (Wildman–Crippen LogP) is 0.554. The highest BCUT2D eigenvalue weighted by atomic mass is 35.5. The first-order valence-corrected chi connectivity index (χ1v) is 4.53. The van der Waals surface area contributed by atoms with Gasteiger partial charge in [0.25, 0.3) is 0 Å². The number of hydrogen-bond donors (Lipinski definition) is 3. The van der Waals surface area contributed by atoms with Gasteiger partial charge >= 0.3 is 0 Å². The van der Waals surface area contributed by atoms with Gasteiger partial charge in [-0.2, -0.15) is 0 Å². The van der Waals surface area contributed by atoms with Gasteiger partial charge in [-0.15, -0.1) is 0 Å². The summed E-state index contributed by atoms with van der Waals surface area (Å²) in [5.41, 5.74) is 12.2. The molecule has 0 amide bonds. The molecular weight excluding hydrogens is 188 g/mol.